The summed E-state index contributed by atoms with van der Waals surface area (Å²) in [5.74, 6) is -1.01. The Hall–Kier alpha value is -3.67. The van der Waals surface area contributed by atoms with Crippen LogP contribution >= 0.6 is 0 Å². The number of carbonyl (C=O) groups excluding carboxylic acids is 2. The maximum absolute atomic E-state index is 12.2. The lowest BCUT2D eigenvalue weighted by Gasteiger charge is -2.07. The maximum Gasteiger partial charge on any atom is 0.339 e. The molecule has 0 aliphatic heterocycles. The van der Waals surface area contributed by atoms with Gasteiger partial charge in [-0.1, -0.05) is 30.3 Å². The molecule has 0 radical (unpaired) electrons. The highest BCUT2D eigenvalue weighted by atomic mass is 16.5. The molecule has 0 fully saturated rings. The smallest absolute Gasteiger partial charge is 0.339 e. The number of hydrogen-bond donors (Lipinski definition) is 2. The number of esters is 1. The van der Waals surface area contributed by atoms with E-state index < -0.39 is 11.9 Å². The first-order valence-electron chi connectivity index (χ1n) is 7.87. The fourth-order valence-corrected chi connectivity index (χ4v) is 2.51. The van der Waals surface area contributed by atoms with Gasteiger partial charge in [-0.3, -0.25) is 9.59 Å². The molecular weight excluding hydrogens is 332 g/mol. The highest BCUT2D eigenvalue weighted by Crippen LogP contribution is 2.16. The van der Waals surface area contributed by atoms with Gasteiger partial charge in [-0.25, -0.2) is 4.79 Å². The lowest BCUT2D eigenvalue weighted by atomic mass is 10.1. The number of anilines is 1. The average molecular weight is 348 g/mol. The molecule has 0 aliphatic carbocycles. The number of H-pyrrole nitrogens is 1. The lowest BCUT2D eigenvalue weighted by molar-refractivity contribution is -0.111. The Labute approximate surface area is 149 Å². The van der Waals surface area contributed by atoms with Crippen LogP contribution in [0.1, 0.15) is 15.9 Å². The fraction of sp³-hybridized carbons (Fsp3) is 0.0500. The Morgan fingerprint density at radius 3 is 2.62 bits per heavy atom. The highest BCUT2D eigenvalue weighted by molar-refractivity contribution is 6.06. The lowest BCUT2D eigenvalue weighted by Crippen LogP contribution is -2.13. The first-order valence-corrected chi connectivity index (χ1v) is 7.87. The Morgan fingerprint density at radius 2 is 1.81 bits per heavy atom. The van der Waals surface area contributed by atoms with Gasteiger partial charge in [-0.05, 0) is 35.7 Å². The summed E-state index contributed by atoms with van der Waals surface area (Å²) in [5.41, 5.74) is 1.38. The van der Waals surface area contributed by atoms with Gasteiger partial charge in [0.15, 0.2) is 0 Å². The Morgan fingerprint density at radius 1 is 1.08 bits per heavy atom. The highest BCUT2D eigenvalue weighted by Gasteiger charge is 2.12. The van der Waals surface area contributed by atoms with Gasteiger partial charge >= 0.3 is 5.97 Å². The zero-order valence-corrected chi connectivity index (χ0v) is 14.0. The molecule has 1 heterocycles. The summed E-state index contributed by atoms with van der Waals surface area (Å²) in [5, 5.41) is 3.48. The molecule has 0 unspecified atom stereocenters. The predicted molar refractivity (Wildman–Crippen MR) is 100 cm³/mol. The number of rotatable bonds is 4. The molecule has 0 bridgehead atoms. The molecular formula is C20H16N2O4. The second-order valence-electron chi connectivity index (χ2n) is 5.50. The van der Waals surface area contributed by atoms with E-state index >= 15 is 0 Å². The Kier molecular flexibility index (Phi) is 4.94. The third-order valence-electron chi connectivity index (χ3n) is 3.79. The van der Waals surface area contributed by atoms with Crippen molar-refractivity contribution in [2.75, 3.05) is 12.4 Å². The molecule has 2 aromatic carbocycles. The van der Waals surface area contributed by atoms with Gasteiger partial charge in [-0.15, -0.1) is 0 Å². The largest absolute Gasteiger partial charge is 0.465 e. The van der Waals surface area contributed by atoms with Crippen molar-refractivity contribution < 1.29 is 14.3 Å². The Balaban J connectivity index is 1.82. The van der Waals surface area contributed by atoms with Crippen LogP contribution in [0.5, 0.6) is 0 Å². The number of fused-ring (bicyclic) bond motifs is 1. The van der Waals surface area contributed by atoms with E-state index in [1.165, 1.54) is 19.3 Å². The topological polar surface area (TPSA) is 88.3 Å². The average Bonchev–Trinajstić information content (AvgIpc) is 2.66. The third-order valence-corrected chi connectivity index (χ3v) is 3.79. The van der Waals surface area contributed by atoms with E-state index in [-0.39, 0.29) is 11.1 Å². The number of carbonyl (C=O) groups is 2. The van der Waals surface area contributed by atoms with Crippen LogP contribution in [0.2, 0.25) is 0 Å². The number of benzene rings is 2. The van der Waals surface area contributed by atoms with Gasteiger partial charge in [0, 0.05) is 17.2 Å². The number of methoxy groups -OCH3 is 1. The van der Waals surface area contributed by atoms with Crippen LogP contribution in [-0.2, 0) is 9.53 Å². The molecule has 0 atom stereocenters. The zero-order chi connectivity index (χ0) is 18.5. The van der Waals surface area contributed by atoms with Gasteiger partial charge in [0.05, 0.1) is 18.4 Å². The summed E-state index contributed by atoms with van der Waals surface area (Å²) in [6, 6.07) is 15.6. The van der Waals surface area contributed by atoms with Crippen molar-refractivity contribution >= 4 is 34.5 Å². The number of hydrogen-bond acceptors (Lipinski definition) is 4. The van der Waals surface area contributed by atoms with E-state index in [0.29, 0.717) is 11.3 Å². The van der Waals surface area contributed by atoms with E-state index in [0.717, 1.165) is 10.9 Å². The van der Waals surface area contributed by atoms with Crippen LogP contribution in [0.25, 0.3) is 17.0 Å². The molecule has 0 aliphatic rings. The van der Waals surface area contributed by atoms with Gasteiger partial charge in [0.1, 0.15) is 0 Å². The molecule has 0 saturated heterocycles. The quantitative estimate of drug-likeness (QED) is 0.560. The van der Waals surface area contributed by atoms with Crippen molar-refractivity contribution in [1.82, 2.24) is 4.98 Å². The summed E-state index contributed by atoms with van der Waals surface area (Å²) in [6.07, 6.45) is 2.68. The van der Waals surface area contributed by atoms with Gasteiger partial charge < -0.3 is 15.0 Å². The number of nitrogens with one attached hydrogen (secondary N) is 2. The molecule has 0 saturated carbocycles. The first-order chi connectivity index (χ1) is 12.6. The van der Waals surface area contributed by atoms with Gasteiger partial charge in [0.2, 0.25) is 5.91 Å². The van der Waals surface area contributed by atoms with Gasteiger partial charge in [0.25, 0.3) is 5.56 Å². The minimum atomic E-state index is -0.546. The number of pyridine rings is 1. The van der Waals surface area contributed by atoms with Crippen molar-refractivity contribution in [3.05, 3.63) is 82.2 Å². The standard InChI is InChI=1S/C20H16N2O4/c1-26-20(25)15-7-3-5-9-17(15)21-18(23)11-10-14-12-13-6-2-4-8-16(13)22-19(14)24/h2-12H,1H3,(H,21,23)(H,22,24)/b11-10+. The molecule has 6 nitrogen and oxygen atoms in total. The van der Waals surface area contributed by atoms with Crippen molar-refractivity contribution in [3.8, 4) is 0 Å². The van der Waals surface area contributed by atoms with Crippen LogP contribution in [0.4, 0.5) is 5.69 Å². The molecule has 3 aromatic rings. The van der Waals surface area contributed by atoms with Crippen molar-refractivity contribution in [2.24, 2.45) is 0 Å². The molecule has 130 valence electrons. The summed E-state index contributed by atoms with van der Waals surface area (Å²) in [6.45, 7) is 0. The van der Waals surface area contributed by atoms with E-state index in [9.17, 15) is 14.4 Å². The number of aromatic amines is 1. The van der Waals surface area contributed by atoms with Crippen molar-refractivity contribution in [2.45, 2.75) is 0 Å². The molecule has 2 N–H and O–H groups in total. The van der Waals surface area contributed by atoms with Crippen molar-refractivity contribution in [3.63, 3.8) is 0 Å². The van der Waals surface area contributed by atoms with Crippen LogP contribution in [0.15, 0.2) is 65.5 Å². The molecule has 1 amide bonds. The molecule has 6 heteroatoms. The Bertz CT molecular complexity index is 1070. The number of aromatic nitrogens is 1. The predicted octanol–water partition coefficient (Wildman–Crippen LogP) is 2.97. The molecule has 26 heavy (non-hydrogen) atoms. The van der Waals surface area contributed by atoms with Gasteiger partial charge in [-0.2, -0.15) is 0 Å². The van der Waals surface area contributed by atoms with E-state index in [4.69, 9.17) is 4.74 Å². The van der Waals surface area contributed by atoms with E-state index in [1.807, 2.05) is 18.2 Å². The minimum absolute atomic E-state index is 0.250. The maximum atomic E-state index is 12.2. The van der Waals surface area contributed by atoms with Crippen LogP contribution in [0.3, 0.4) is 0 Å². The summed E-state index contributed by atoms with van der Waals surface area (Å²) < 4.78 is 4.69. The number of para-hydroxylation sites is 2. The molecule has 1 aromatic heterocycles. The van der Waals surface area contributed by atoms with Crippen molar-refractivity contribution in [1.29, 1.82) is 0 Å². The number of ether oxygens (including phenoxy) is 1. The molecule has 3 rings (SSSR count). The summed E-state index contributed by atoms with van der Waals surface area (Å²) >= 11 is 0. The first kappa shape index (κ1) is 17.2. The normalized spacial score (nSPS) is 10.8. The fourth-order valence-electron chi connectivity index (χ4n) is 2.51. The van der Waals surface area contributed by atoms with Crippen LogP contribution in [-0.4, -0.2) is 24.0 Å². The minimum Gasteiger partial charge on any atom is -0.465 e. The van der Waals surface area contributed by atoms with Crippen LogP contribution in [0, 0.1) is 0 Å². The number of amides is 1. The summed E-state index contributed by atoms with van der Waals surface area (Å²) in [4.78, 5) is 38.7. The van der Waals surface area contributed by atoms with E-state index in [2.05, 4.69) is 10.3 Å². The monoisotopic (exact) mass is 348 g/mol. The van der Waals surface area contributed by atoms with Crippen LogP contribution < -0.4 is 10.9 Å². The van der Waals surface area contributed by atoms with E-state index in [1.54, 1.807) is 36.4 Å². The summed E-state index contributed by atoms with van der Waals surface area (Å²) in [7, 11) is 1.27. The second kappa shape index (κ2) is 7.48. The second-order valence-corrected chi connectivity index (χ2v) is 5.50. The zero-order valence-electron chi connectivity index (χ0n) is 14.0. The molecule has 0 spiro atoms. The third kappa shape index (κ3) is 3.70. The SMILES string of the molecule is COC(=O)c1ccccc1NC(=O)/C=C/c1cc2ccccc2[nH]c1=O.